The second-order valence-electron chi connectivity index (χ2n) is 5.77. The van der Waals surface area contributed by atoms with E-state index < -0.39 is 6.55 Å². The maximum absolute atomic E-state index is 12.8. The van der Waals surface area contributed by atoms with Gasteiger partial charge in [0, 0.05) is 25.5 Å². The summed E-state index contributed by atoms with van der Waals surface area (Å²) < 4.78 is 26.4. The van der Waals surface area contributed by atoms with Gasteiger partial charge in [-0.1, -0.05) is 45.4 Å². The predicted molar refractivity (Wildman–Crippen MR) is 110 cm³/mol. The van der Waals surface area contributed by atoms with Crippen LogP contribution < -0.4 is 10.6 Å². The fourth-order valence-corrected chi connectivity index (χ4v) is 2.42. The summed E-state index contributed by atoms with van der Waals surface area (Å²) >= 11 is 0. The van der Waals surface area contributed by atoms with Crippen LogP contribution in [-0.2, 0) is 6.54 Å². The number of aliphatic imine (C=N–C) groups is 1. The number of alkyl halides is 2. The van der Waals surface area contributed by atoms with Gasteiger partial charge in [-0.15, -0.1) is 24.0 Å². The van der Waals surface area contributed by atoms with Crippen molar-refractivity contribution in [3.63, 3.8) is 0 Å². The highest BCUT2D eigenvalue weighted by molar-refractivity contribution is 14.0. The lowest BCUT2D eigenvalue weighted by Crippen LogP contribution is -2.37. The highest BCUT2D eigenvalue weighted by atomic mass is 127. The molecule has 5 nitrogen and oxygen atoms in total. The third kappa shape index (κ3) is 10.6. The molecule has 25 heavy (non-hydrogen) atoms. The third-order valence-corrected chi connectivity index (χ3v) is 3.75. The highest BCUT2D eigenvalue weighted by Crippen LogP contribution is 2.12. The molecule has 0 unspecified atom stereocenters. The number of imidazole rings is 1. The van der Waals surface area contributed by atoms with Gasteiger partial charge < -0.3 is 10.6 Å². The van der Waals surface area contributed by atoms with E-state index in [4.69, 9.17) is 0 Å². The van der Waals surface area contributed by atoms with Crippen molar-refractivity contribution < 1.29 is 8.78 Å². The van der Waals surface area contributed by atoms with Crippen molar-refractivity contribution in [3.8, 4) is 0 Å². The molecule has 0 amide bonds. The van der Waals surface area contributed by atoms with Gasteiger partial charge in [-0.25, -0.2) is 9.98 Å². The van der Waals surface area contributed by atoms with Crippen molar-refractivity contribution in [3.05, 3.63) is 18.2 Å². The zero-order valence-corrected chi connectivity index (χ0v) is 17.6. The summed E-state index contributed by atoms with van der Waals surface area (Å²) in [4.78, 5) is 8.27. The molecule has 0 saturated heterocycles. The molecule has 0 spiro atoms. The van der Waals surface area contributed by atoms with Crippen LogP contribution in [0.2, 0.25) is 0 Å². The van der Waals surface area contributed by atoms with Crippen molar-refractivity contribution in [2.24, 2.45) is 4.99 Å². The van der Waals surface area contributed by atoms with Crippen molar-refractivity contribution in [2.75, 3.05) is 13.1 Å². The normalized spacial score (nSPS) is 11.5. The van der Waals surface area contributed by atoms with Gasteiger partial charge >= 0.3 is 6.55 Å². The summed E-state index contributed by atoms with van der Waals surface area (Å²) in [6.07, 6.45) is 11.4. The fraction of sp³-hybridized carbons (Fsp3) is 0.765. The van der Waals surface area contributed by atoms with E-state index in [1.165, 1.54) is 50.9 Å². The van der Waals surface area contributed by atoms with E-state index in [2.05, 4.69) is 27.5 Å². The van der Waals surface area contributed by atoms with Gasteiger partial charge in [0.15, 0.2) is 5.96 Å². The topological polar surface area (TPSA) is 54.2 Å². The minimum absolute atomic E-state index is 0. The number of halogens is 3. The summed E-state index contributed by atoms with van der Waals surface area (Å²) in [5.41, 5.74) is 0. The number of hydrogen-bond acceptors (Lipinski definition) is 2. The molecule has 1 rings (SSSR count). The van der Waals surface area contributed by atoms with E-state index in [0.717, 1.165) is 24.1 Å². The molecule has 0 saturated carbocycles. The minimum atomic E-state index is -2.58. The van der Waals surface area contributed by atoms with Crippen LogP contribution in [0.3, 0.4) is 0 Å². The van der Waals surface area contributed by atoms with E-state index in [1.807, 2.05) is 6.92 Å². The predicted octanol–water partition coefficient (Wildman–Crippen LogP) is 4.70. The summed E-state index contributed by atoms with van der Waals surface area (Å²) in [5, 5.41) is 6.38. The quantitative estimate of drug-likeness (QED) is 0.201. The van der Waals surface area contributed by atoms with Crippen LogP contribution >= 0.6 is 24.0 Å². The molecule has 146 valence electrons. The molecule has 0 atom stereocenters. The lowest BCUT2D eigenvalue weighted by molar-refractivity contribution is 0.0671. The van der Waals surface area contributed by atoms with Crippen molar-refractivity contribution in [1.29, 1.82) is 0 Å². The molecule has 0 fully saturated rings. The monoisotopic (exact) mass is 471 g/mol. The van der Waals surface area contributed by atoms with Gasteiger partial charge in [0.25, 0.3) is 0 Å². The number of hydrogen-bond donors (Lipinski definition) is 2. The smallest absolute Gasteiger partial charge is 0.319 e. The van der Waals surface area contributed by atoms with E-state index in [1.54, 1.807) is 0 Å². The number of guanidine groups is 1. The zero-order valence-electron chi connectivity index (χ0n) is 15.3. The minimum Gasteiger partial charge on any atom is -0.357 e. The first-order valence-electron chi connectivity index (χ1n) is 9.01. The first-order valence-corrected chi connectivity index (χ1v) is 9.01. The molecule has 0 aromatic carbocycles. The molecular formula is C17H32F2IN5. The van der Waals surface area contributed by atoms with Gasteiger partial charge in [-0.05, 0) is 13.3 Å². The molecule has 0 radical (unpaired) electrons. The van der Waals surface area contributed by atoms with Crippen LogP contribution in [0.1, 0.15) is 71.2 Å². The molecule has 0 aliphatic carbocycles. The zero-order chi connectivity index (χ0) is 17.6. The lowest BCUT2D eigenvalue weighted by atomic mass is 10.1. The Bertz CT molecular complexity index is 466. The maximum Gasteiger partial charge on any atom is 0.319 e. The van der Waals surface area contributed by atoms with Gasteiger partial charge in [0.2, 0.25) is 0 Å². The Hall–Kier alpha value is -0.930. The third-order valence-electron chi connectivity index (χ3n) is 3.75. The first kappa shape index (κ1) is 24.1. The lowest BCUT2D eigenvalue weighted by Gasteiger charge is -2.11. The number of unbranched alkanes of at least 4 members (excludes halogenated alkanes) is 6. The van der Waals surface area contributed by atoms with Gasteiger partial charge in [0.05, 0.1) is 0 Å². The Balaban J connectivity index is 0.00000576. The second-order valence-corrected chi connectivity index (χ2v) is 5.77. The molecule has 0 aliphatic heterocycles. The van der Waals surface area contributed by atoms with E-state index in [0.29, 0.717) is 5.96 Å². The van der Waals surface area contributed by atoms with Crippen LogP contribution in [0.5, 0.6) is 0 Å². The number of rotatable bonds is 12. The Morgan fingerprint density at radius 3 is 2.44 bits per heavy atom. The Labute approximate surface area is 167 Å². The number of nitrogens with one attached hydrogen (secondary N) is 2. The fourth-order valence-electron chi connectivity index (χ4n) is 2.42. The molecule has 2 N–H and O–H groups in total. The summed E-state index contributed by atoms with van der Waals surface area (Å²) in [6.45, 7) is 3.31. The molecule has 1 aromatic heterocycles. The molecule has 1 heterocycles. The standard InChI is InChI=1S/C17H31F2N5.HI/c1-3-5-6-7-8-9-10-11-22-17(20-4-2)23-14-15-21-12-13-24(15)16(18)19;/h12-13,16H,3-11,14H2,1-2H3,(H2,20,22,23);1H. The Morgan fingerprint density at radius 1 is 1.12 bits per heavy atom. The molecule has 0 bridgehead atoms. The van der Waals surface area contributed by atoms with Crippen molar-refractivity contribution in [1.82, 2.24) is 20.2 Å². The summed E-state index contributed by atoms with van der Waals surface area (Å²) in [5.74, 6) is 0.908. The summed E-state index contributed by atoms with van der Waals surface area (Å²) in [6, 6.07) is 0. The molecular weight excluding hydrogens is 439 g/mol. The largest absolute Gasteiger partial charge is 0.357 e. The number of nitrogens with zero attached hydrogens (tertiary/aromatic N) is 3. The van der Waals surface area contributed by atoms with Crippen LogP contribution in [0.4, 0.5) is 8.78 Å². The average molecular weight is 471 g/mol. The Kier molecular flexibility index (Phi) is 14.8. The summed E-state index contributed by atoms with van der Waals surface area (Å²) in [7, 11) is 0. The van der Waals surface area contributed by atoms with Crippen molar-refractivity contribution >= 4 is 29.9 Å². The van der Waals surface area contributed by atoms with E-state index in [-0.39, 0.29) is 36.3 Å². The van der Waals surface area contributed by atoms with Crippen LogP contribution in [0.25, 0.3) is 0 Å². The van der Waals surface area contributed by atoms with Crippen LogP contribution in [0, 0.1) is 0 Å². The van der Waals surface area contributed by atoms with Crippen molar-refractivity contribution in [2.45, 2.75) is 71.9 Å². The Morgan fingerprint density at radius 2 is 1.80 bits per heavy atom. The molecule has 8 heteroatoms. The number of aromatic nitrogens is 2. The van der Waals surface area contributed by atoms with E-state index >= 15 is 0 Å². The second kappa shape index (κ2) is 15.3. The molecule has 0 aliphatic rings. The van der Waals surface area contributed by atoms with E-state index in [9.17, 15) is 8.78 Å². The SMILES string of the molecule is CCCCCCCCCNC(=NCc1nccn1C(F)F)NCC.I. The first-order chi connectivity index (χ1) is 11.7. The van der Waals surface area contributed by atoms with Crippen LogP contribution in [-0.4, -0.2) is 28.6 Å². The van der Waals surface area contributed by atoms with Gasteiger partial charge in [-0.2, -0.15) is 8.78 Å². The van der Waals surface area contributed by atoms with Gasteiger partial charge in [-0.3, -0.25) is 4.57 Å². The highest BCUT2D eigenvalue weighted by Gasteiger charge is 2.10. The maximum atomic E-state index is 12.8. The average Bonchev–Trinajstić information content (AvgIpc) is 3.03. The molecule has 1 aromatic rings. The van der Waals surface area contributed by atoms with Crippen LogP contribution in [0.15, 0.2) is 17.4 Å². The van der Waals surface area contributed by atoms with Gasteiger partial charge in [0.1, 0.15) is 12.4 Å².